The van der Waals surface area contributed by atoms with Gasteiger partial charge >= 0.3 is 12.2 Å². The Morgan fingerprint density at radius 3 is 2.66 bits per heavy atom. The minimum absolute atomic E-state index is 0.0248. The molecule has 204 valence electrons. The molecule has 1 aliphatic carbocycles. The Kier molecular flexibility index (Phi) is 6.47. The number of aryl methyl sites for hydroxylation is 1. The van der Waals surface area contributed by atoms with Gasteiger partial charge in [0.2, 0.25) is 5.92 Å². The average molecular weight is 541 g/mol. The number of hydrogen-bond acceptors (Lipinski definition) is 6. The normalized spacial score (nSPS) is 21.1. The molecule has 0 aromatic carbocycles. The highest BCUT2D eigenvalue weighted by molar-refractivity contribution is 5.93. The molecule has 3 aromatic heterocycles. The third kappa shape index (κ3) is 5.27. The number of amides is 3. The average Bonchev–Trinajstić information content (AvgIpc) is 3.56. The van der Waals surface area contributed by atoms with Crippen molar-refractivity contribution in [3.63, 3.8) is 0 Å². The predicted molar refractivity (Wildman–Crippen MR) is 120 cm³/mol. The Hall–Kier alpha value is -3.78. The minimum atomic E-state index is -4.55. The van der Waals surface area contributed by atoms with Gasteiger partial charge in [-0.3, -0.25) is 4.79 Å². The maximum Gasteiger partial charge on any atom is 0.410 e. The number of carbonyl (C=O) groups excluding carboxylic acids is 2. The SMILES string of the molecule is Cc1nonc1C(=O)N[C@H](c1cn2ccc(CN3CC(C(F)(F)F)NC3=O)cc2n1)C1CCC(F)(F)CC1. The van der Waals surface area contributed by atoms with E-state index >= 15 is 0 Å². The summed E-state index contributed by atoms with van der Waals surface area (Å²) >= 11 is 0. The summed E-state index contributed by atoms with van der Waals surface area (Å²) < 4.78 is 72.9. The number of hydrogen-bond donors (Lipinski definition) is 2. The number of fused-ring (bicyclic) bond motifs is 1. The molecule has 3 amide bonds. The van der Waals surface area contributed by atoms with Crippen LogP contribution >= 0.6 is 0 Å². The molecule has 2 fully saturated rings. The van der Waals surface area contributed by atoms with E-state index in [4.69, 9.17) is 0 Å². The molecule has 5 rings (SSSR count). The molecule has 15 heteroatoms. The largest absolute Gasteiger partial charge is 0.410 e. The number of urea groups is 1. The second kappa shape index (κ2) is 9.51. The fourth-order valence-corrected chi connectivity index (χ4v) is 4.90. The van der Waals surface area contributed by atoms with E-state index in [2.05, 4.69) is 25.2 Å². The monoisotopic (exact) mass is 541 g/mol. The molecule has 10 nitrogen and oxygen atoms in total. The molecule has 2 N–H and O–H groups in total. The van der Waals surface area contributed by atoms with Crippen LogP contribution in [-0.2, 0) is 6.54 Å². The van der Waals surface area contributed by atoms with Crippen LogP contribution in [0.3, 0.4) is 0 Å². The van der Waals surface area contributed by atoms with Gasteiger partial charge in [0.05, 0.1) is 18.3 Å². The summed E-state index contributed by atoms with van der Waals surface area (Å²) in [6.45, 7) is 0.975. The van der Waals surface area contributed by atoms with Crippen LogP contribution < -0.4 is 10.6 Å². The highest BCUT2D eigenvalue weighted by Gasteiger charge is 2.46. The second-order valence-electron chi connectivity index (χ2n) is 9.73. The van der Waals surface area contributed by atoms with Crippen LogP contribution in [0.5, 0.6) is 0 Å². The maximum absolute atomic E-state index is 13.8. The topological polar surface area (TPSA) is 118 Å². The van der Waals surface area contributed by atoms with E-state index < -0.39 is 42.7 Å². The van der Waals surface area contributed by atoms with Gasteiger partial charge in [0.25, 0.3) is 5.91 Å². The molecule has 2 aliphatic rings. The number of rotatable bonds is 6. The van der Waals surface area contributed by atoms with Crippen molar-refractivity contribution < 1.29 is 36.2 Å². The first-order valence-corrected chi connectivity index (χ1v) is 12.0. The van der Waals surface area contributed by atoms with Gasteiger partial charge in [0.15, 0.2) is 5.69 Å². The zero-order valence-corrected chi connectivity index (χ0v) is 20.1. The molecule has 1 saturated carbocycles. The summed E-state index contributed by atoms with van der Waals surface area (Å²) in [5, 5.41) is 12.0. The van der Waals surface area contributed by atoms with E-state index in [0.717, 1.165) is 4.90 Å². The van der Waals surface area contributed by atoms with Gasteiger partial charge in [-0.15, -0.1) is 0 Å². The van der Waals surface area contributed by atoms with Crippen molar-refractivity contribution in [1.82, 2.24) is 35.2 Å². The van der Waals surface area contributed by atoms with Crippen LogP contribution in [-0.4, -0.2) is 61.2 Å². The number of imidazole rings is 1. The third-order valence-corrected chi connectivity index (χ3v) is 7.01. The molecule has 1 unspecified atom stereocenters. The molecular formula is C23H24F5N7O3. The highest BCUT2D eigenvalue weighted by atomic mass is 19.4. The molecule has 3 aromatic rings. The van der Waals surface area contributed by atoms with Crippen molar-refractivity contribution in [2.45, 2.75) is 63.3 Å². The van der Waals surface area contributed by atoms with E-state index in [1.165, 1.54) is 0 Å². The Morgan fingerprint density at radius 2 is 2.03 bits per heavy atom. The first-order valence-electron chi connectivity index (χ1n) is 12.0. The fourth-order valence-electron chi connectivity index (χ4n) is 4.90. The summed E-state index contributed by atoms with van der Waals surface area (Å²) in [5.74, 6) is -3.67. The number of aromatic nitrogens is 4. The van der Waals surface area contributed by atoms with Crippen LogP contribution in [0.1, 0.15) is 59.2 Å². The molecule has 4 heterocycles. The molecule has 0 spiro atoms. The number of alkyl halides is 5. The maximum atomic E-state index is 13.8. The Bertz CT molecular complexity index is 1340. The molecule has 38 heavy (non-hydrogen) atoms. The fraction of sp³-hybridized carbons (Fsp3) is 0.522. The van der Waals surface area contributed by atoms with Gasteiger partial charge in [0, 0.05) is 31.8 Å². The van der Waals surface area contributed by atoms with E-state index in [1.807, 2.05) is 5.32 Å². The first kappa shape index (κ1) is 25.9. The third-order valence-electron chi connectivity index (χ3n) is 7.01. The van der Waals surface area contributed by atoms with Crippen LogP contribution in [0.15, 0.2) is 29.2 Å². The van der Waals surface area contributed by atoms with Gasteiger partial charge in [-0.1, -0.05) is 5.16 Å². The Labute approximate surface area is 212 Å². The lowest BCUT2D eigenvalue weighted by Crippen LogP contribution is -2.40. The zero-order chi connectivity index (χ0) is 27.2. The highest BCUT2D eigenvalue weighted by Crippen LogP contribution is 2.41. The van der Waals surface area contributed by atoms with Gasteiger partial charge in [-0.25, -0.2) is 23.2 Å². The molecule has 1 saturated heterocycles. The van der Waals surface area contributed by atoms with Crippen molar-refractivity contribution >= 4 is 17.6 Å². The van der Waals surface area contributed by atoms with Crippen molar-refractivity contribution in [3.05, 3.63) is 47.2 Å². The van der Waals surface area contributed by atoms with Crippen LogP contribution in [0.4, 0.5) is 26.7 Å². The van der Waals surface area contributed by atoms with E-state index in [9.17, 15) is 31.5 Å². The van der Waals surface area contributed by atoms with Gasteiger partial charge in [0.1, 0.15) is 17.4 Å². The van der Waals surface area contributed by atoms with Crippen molar-refractivity contribution in [3.8, 4) is 0 Å². The van der Waals surface area contributed by atoms with Crippen LogP contribution in [0.25, 0.3) is 5.65 Å². The summed E-state index contributed by atoms with van der Waals surface area (Å²) in [6, 6.07) is -0.198. The molecule has 1 aliphatic heterocycles. The molecule has 0 radical (unpaired) electrons. The summed E-state index contributed by atoms with van der Waals surface area (Å²) in [6.07, 6.45) is -1.56. The minimum Gasteiger partial charge on any atom is -0.342 e. The number of nitrogens with one attached hydrogen (secondary N) is 2. The molecular weight excluding hydrogens is 517 g/mol. The van der Waals surface area contributed by atoms with E-state index in [-0.39, 0.29) is 49.5 Å². The van der Waals surface area contributed by atoms with Crippen LogP contribution in [0.2, 0.25) is 0 Å². The lowest BCUT2D eigenvalue weighted by atomic mass is 9.81. The predicted octanol–water partition coefficient (Wildman–Crippen LogP) is 3.78. The Balaban J connectivity index is 1.38. The standard InChI is InChI=1S/C23H24F5N7O3/c1-12-18(33-38-32-12)20(36)31-19(14-2-5-22(24,25)6-3-14)15-10-34-7-4-13(8-17(34)29-15)9-35-11-16(23(26,27)28)30-21(35)37/h4,7-8,10,14,16,19H,2-3,5-6,9,11H2,1H3,(H,30,37)(H,31,36)/t16?,19-/m0/s1. The van der Waals surface area contributed by atoms with Gasteiger partial charge in [-0.2, -0.15) is 13.2 Å². The van der Waals surface area contributed by atoms with Crippen LogP contribution in [0, 0.1) is 12.8 Å². The van der Waals surface area contributed by atoms with Crippen molar-refractivity contribution in [1.29, 1.82) is 0 Å². The lowest BCUT2D eigenvalue weighted by Gasteiger charge is -2.33. The van der Waals surface area contributed by atoms with E-state index in [1.54, 1.807) is 35.9 Å². The quantitative estimate of drug-likeness (QED) is 0.459. The second-order valence-corrected chi connectivity index (χ2v) is 9.73. The zero-order valence-electron chi connectivity index (χ0n) is 20.1. The number of carbonyl (C=O) groups is 2. The molecule has 2 atom stereocenters. The van der Waals surface area contributed by atoms with Gasteiger partial charge < -0.3 is 19.9 Å². The first-order chi connectivity index (χ1) is 17.9. The summed E-state index contributed by atoms with van der Waals surface area (Å²) in [5.41, 5.74) is 1.65. The van der Waals surface area contributed by atoms with Crippen molar-refractivity contribution in [2.24, 2.45) is 5.92 Å². The van der Waals surface area contributed by atoms with Crippen molar-refractivity contribution in [2.75, 3.05) is 6.54 Å². The number of pyridine rings is 1. The Morgan fingerprint density at radius 1 is 1.29 bits per heavy atom. The number of nitrogens with zero attached hydrogens (tertiary/aromatic N) is 5. The number of halogens is 5. The lowest BCUT2D eigenvalue weighted by molar-refractivity contribution is -0.149. The molecule has 0 bridgehead atoms. The smallest absolute Gasteiger partial charge is 0.342 e. The summed E-state index contributed by atoms with van der Waals surface area (Å²) in [7, 11) is 0. The summed E-state index contributed by atoms with van der Waals surface area (Å²) in [4.78, 5) is 30.6. The van der Waals surface area contributed by atoms with Gasteiger partial charge in [-0.05, 0) is 48.5 Å². The van der Waals surface area contributed by atoms with E-state index in [0.29, 0.717) is 16.9 Å².